The second-order valence-corrected chi connectivity index (χ2v) is 12.4. The molecular weight excluding hydrogens is 480 g/mol. The number of likely N-dealkylation sites (tertiary alicyclic amines) is 1. The number of fused-ring (bicyclic) bond motifs is 2. The van der Waals surface area contributed by atoms with Gasteiger partial charge in [0.2, 0.25) is 0 Å². The summed E-state index contributed by atoms with van der Waals surface area (Å²) in [5.41, 5.74) is 1.18. The van der Waals surface area contributed by atoms with Gasteiger partial charge in [-0.1, -0.05) is 36.4 Å². The first-order valence-electron chi connectivity index (χ1n) is 14.3. The van der Waals surface area contributed by atoms with Crippen molar-refractivity contribution in [1.82, 2.24) is 10.2 Å². The van der Waals surface area contributed by atoms with Crippen LogP contribution in [0.3, 0.4) is 0 Å². The van der Waals surface area contributed by atoms with Gasteiger partial charge in [0.1, 0.15) is 11.7 Å². The zero-order valence-corrected chi connectivity index (χ0v) is 21.9. The topological polar surface area (TPSA) is 80.3 Å². The molecule has 4 bridgehead atoms. The summed E-state index contributed by atoms with van der Waals surface area (Å²) >= 11 is 0. The van der Waals surface area contributed by atoms with Gasteiger partial charge in [-0.15, -0.1) is 0 Å². The minimum Gasteiger partial charge on any atom is -0.493 e. The Morgan fingerprint density at radius 1 is 1.16 bits per heavy atom. The predicted octanol–water partition coefficient (Wildman–Crippen LogP) is 2.76. The van der Waals surface area contributed by atoms with Crippen molar-refractivity contribution in [2.24, 2.45) is 5.92 Å². The molecule has 0 radical (unpaired) electrons. The summed E-state index contributed by atoms with van der Waals surface area (Å²) in [7, 11) is 1.67. The number of amides is 1. The number of nitrogens with zero attached hydrogens (tertiary/aromatic N) is 1. The van der Waals surface area contributed by atoms with Gasteiger partial charge in [0.25, 0.3) is 5.91 Å². The van der Waals surface area contributed by atoms with E-state index in [0.717, 1.165) is 50.4 Å². The third kappa shape index (κ3) is 2.87. The molecule has 2 aromatic carbocycles. The van der Waals surface area contributed by atoms with Crippen LogP contribution < -0.4 is 14.8 Å². The van der Waals surface area contributed by atoms with Crippen molar-refractivity contribution in [1.29, 1.82) is 0 Å². The minimum absolute atomic E-state index is 0.166. The fourth-order valence-electron chi connectivity index (χ4n) is 8.82. The number of carbonyl (C=O) groups excluding carboxylic acids is 1. The van der Waals surface area contributed by atoms with Crippen LogP contribution in [0.1, 0.15) is 48.8 Å². The van der Waals surface area contributed by atoms with Gasteiger partial charge in [-0.2, -0.15) is 0 Å². The Balaban J connectivity index is 1.18. The highest BCUT2D eigenvalue weighted by Gasteiger charge is 2.82. The first-order chi connectivity index (χ1) is 18.5. The maximum absolute atomic E-state index is 13.7. The molecule has 4 heterocycles. The molecule has 2 aromatic rings. The van der Waals surface area contributed by atoms with Crippen molar-refractivity contribution in [2.75, 3.05) is 26.7 Å². The van der Waals surface area contributed by atoms with E-state index in [4.69, 9.17) is 14.2 Å². The van der Waals surface area contributed by atoms with E-state index in [0.29, 0.717) is 18.7 Å². The van der Waals surface area contributed by atoms with Crippen molar-refractivity contribution in [3.63, 3.8) is 0 Å². The summed E-state index contributed by atoms with van der Waals surface area (Å²) < 4.78 is 19.6. The van der Waals surface area contributed by atoms with E-state index in [2.05, 4.69) is 28.4 Å². The Labute approximate surface area is 223 Å². The molecule has 200 valence electrons. The summed E-state index contributed by atoms with van der Waals surface area (Å²) in [5, 5.41) is 15.5. The van der Waals surface area contributed by atoms with Crippen LogP contribution in [-0.4, -0.2) is 72.1 Å². The SMILES string of the molecule is COc1ccc2c3c1OC1C4(O)CCC5(O[C@H]4C(=O)NCCc4ccccc4)C(C2)N(CC2CC2)CCC315. The summed E-state index contributed by atoms with van der Waals surface area (Å²) in [6.45, 7) is 2.55. The standard InChI is InChI=1S/C31H36N2O5/c1-36-22-10-9-21-17-23-31-13-12-30(35,26(38-31)27(34)32-15-11-19-5-3-2-4-6-19)28-29(31,24(21)25(22)37-28)14-16-33(23)18-20-7-8-20/h2-6,9-10,20,23,26,28,35H,7-8,11-18H2,1H3,(H,32,34)/t23?,26-,28?,29?,30?,31?/m0/s1. The molecule has 5 unspecified atom stereocenters. The summed E-state index contributed by atoms with van der Waals surface area (Å²) in [4.78, 5) is 16.4. The molecule has 7 aliphatic rings. The molecule has 2 N–H and O–H groups in total. The number of piperidine rings is 1. The van der Waals surface area contributed by atoms with Gasteiger partial charge in [-0.25, -0.2) is 0 Å². The van der Waals surface area contributed by atoms with Gasteiger partial charge >= 0.3 is 0 Å². The van der Waals surface area contributed by atoms with E-state index in [-0.39, 0.29) is 11.9 Å². The predicted molar refractivity (Wildman–Crippen MR) is 140 cm³/mol. The highest BCUT2D eigenvalue weighted by molar-refractivity contribution is 5.83. The maximum atomic E-state index is 13.7. The third-order valence-electron chi connectivity index (χ3n) is 10.6. The second-order valence-electron chi connectivity index (χ2n) is 12.4. The fourth-order valence-corrected chi connectivity index (χ4v) is 8.82. The first-order valence-corrected chi connectivity index (χ1v) is 14.3. The van der Waals surface area contributed by atoms with Crippen LogP contribution in [0.25, 0.3) is 0 Å². The third-order valence-corrected chi connectivity index (χ3v) is 10.6. The molecule has 5 fully saturated rings. The number of carbonyl (C=O) groups is 1. The molecule has 9 rings (SSSR count). The van der Waals surface area contributed by atoms with E-state index in [1.165, 1.54) is 29.5 Å². The molecule has 38 heavy (non-hydrogen) atoms. The van der Waals surface area contributed by atoms with Crippen LogP contribution in [-0.2, 0) is 27.8 Å². The van der Waals surface area contributed by atoms with Crippen LogP contribution in [0.2, 0.25) is 0 Å². The molecule has 1 amide bonds. The van der Waals surface area contributed by atoms with Crippen molar-refractivity contribution in [2.45, 2.75) is 79.8 Å². The Hall–Kier alpha value is -2.61. The number of rotatable bonds is 7. The number of hydrogen-bond acceptors (Lipinski definition) is 6. The smallest absolute Gasteiger partial charge is 0.252 e. The van der Waals surface area contributed by atoms with Crippen LogP contribution in [0.15, 0.2) is 42.5 Å². The number of ether oxygens (including phenoxy) is 3. The zero-order valence-electron chi connectivity index (χ0n) is 21.9. The zero-order chi connectivity index (χ0) is 25.7. The largest absolute Gasteiger partial charge is 0.493 e. The molecule has 7 nitrogen and oxygen atoms in total. The lowest BCUT2D eigenvalue weighted by molar-refractivity contribution is -0.345. The van der Waals surface area contributed by atoms with Gasteiger partial charge in [-0.05, 0) is 74.6 Å². The quantitative estimate of drug-likeness (QED) is 0.589. The van der Waals surface area contributed by atoms with Gasteiger partial charge in [0.05, 0.1) is 18.1 Å². The van der Waals surface area contributed by atoms with Crippen molar-refractivity contribution in [3.05, 3.63) is 59.2 Å². The monoisotopic (exact) mass is 516 g/mol. The highest BCUT2D eigenvalue weighted by atomic mass is 16.6. The Kier molecular flexibility index (Phi) is 4.88. The number of methoxy groups -OCH3 is 1. The van der Waals surface area contributed by atoms with E-state index >= 15 is 0 Å². The molecule has 0 aromatic heterocycles. The normalized spacial score (nSPS) is 37.9. The minimum atomic E-state index is -1.40. The molecular formula is C31H36N2O5. The number of nitrogens with one attached hydrogen (secondary N) is 1. The summed E-state index contributed by atoms with van der Waals surface area (Å²) in [6.07, 6.45) is 4.81. The average molecular weight is 517 g/mol. The lowest BCUT2D eigenvalue weighted by Gasteiger charge is -2.72. The van der Waals surface area contributed by atoms with E-state index < -0.39 is 28.8 Å². The first kappa shape index (κ1) is 23.3. The molecule has 2 saturated carbocycles. The van der Waals surface area contributed by atoms with Crippen LogP contribution in [0.4, 0.5) is 0 Å². The molecule has 6 atom stereocenters. The fraction of sp³-hybridized carbons (Fsp3) is 0.581. The van der Waals surface area contributed by atoms with Gasteiger partial charge in [-0.3, -0.25) is 9.69 Å². The summed E-state index contributed by atoms with van der Waals surface area (Å²) in [5.74, 6) is 1.99. The van der Waals surface area contributed by atoms with Crippen LogP contribution >= 0.6 is 0 Å². The molecule has 3 aliphatic carbocycles. The van der Waals surface area contributed by atoms with Gasteiger partial charge in [0, 0.05) is 24.7 Å². The van der Waals surface area contributed by atoms with Gasteiger partial charge in [0.15, 0.2) is 17.6 Å². The highest BCUT2D eigenvalue weighted by Crippen LogP contribution is 2.71. The average Bonchev–Trinajstić information content (AvgIpc) is 3.67. The van der Waals surface area contributed by atoms with Crippen LogP contribution in [0, 0.1) is 5.92 Å². The second kappa shape index (κ2) is 7.96. The Morgan fingerprint density at radius 3 is 2.79 bits per heavy atom. The summed E-state index contributed by atoms with van der Waals surface area (Å²) in [6, 6.07) is 14.5. The van der Waals surface area contributed by atoms with E-state index in [1.54, 1.807) is 7.11 Å². The van der Waals surface area contributed by atoms with E-state index in [9.17, 15) is 9.90 Å². The van der Waals surface area contributed by atoms with Crippen LogP contribution in [0.5, 0.6) is 11.5 Å². The number of aliphatic hydroxyl groups is 1. The van der Waals surface area contributed by atoms with Crippen molar-refractivity contribution in [3.8, 4) is 11.5 Å². The number of benzene rings is 2. The van der Waals surface area contributed by atoms with Crippen molar-refractivity contribution >= 4 is 5.91 Å². The molecule has 3 saturated heterocycles. The molecule has 4 aliphatic heterocycles. The van der Waals surface area contributed by atoms with E-state index in [1.807, 2.05) is 24.3 Å². The Bertz CT molecular complexity index is 1300. The molecule has 2 spiro atoms. The molecule has 7 heteroatoms. The van der Waals surface area contributed by atoms with Crippen molar-refractivity contribution < 1.29 is 24.1 Å². The lowest BCUT2D eigenvalue weighted by Crippen LogP contribution is -2.87. The van der Waals surface area contributed by atoms with Gasteiger partial charge < -0.3 is 24.6 Å². The lowest BCUT2D eigenvalue weighted by atomic mass is 9.44. The maximum Gasteiger partial charge on any atom is 0.252 e. The Morgan fingerprint density at radius 2 is 2.00 bits per heavy atom. The number of hydrogen-bond donors (Lipinski definition) is 2.